The average molecular weight is 437 g/mol. The zero-order valence-electron chi connectivity index (χ0n) is 16.0. The van der Waals surface area contributed by atoms with Crippen molar-refractivity contribution in [2.45, 2.75) is 18.9 Å². The van der Waals surface area contributed by atoms with Gasteiger partial charge in [0, 0.05) is 24.5 Å². The highest BCUT2D eigenvalue weighted by Gasteiger charge is 2.33. The molecule has 2 heterocycles. The molecular weight excluding hydrogens is 412 g/mol. The van der Waals surface area contributed by atoms with Crippen molar-refractivity contribution in [3.63, 3.8) is 0 Å². The van der Waals surface area contributed by atoms with Gasteiger partial charge >= 0.3 is 0 Å². The lowest BCUT2D eigenvalue weighted by Crippen LogP contribution is -2.51. The Balaban J connectivity index is 1.75. The number of hydrogen-bond acceptors (Lipinski definition) is 6. The van der Waals surface area contributed by atoms with Crippen LogP contribution in [0.4, 0.5) is 0 Å². The first-order valence-electron chi connectivity index (χ1n) is 9.41. The van der Waals surface area contributed by atoms with E-state index < -0.39 is 22.2 Å². The van der Waals surface area contributed by atoms with Gasteiger partial charge in [0.2, 0.25) is 5.91 Å². The van der Waals surface area contributed by atoms with E-state index in [9.17, 15) is 18.5 Å². The van der Waals surface area contributed by atoms with Gasteiger partial charge in [0.05, 0.1) is 25.8 Å². The van der Waals surface area contributed by atoms with Crippen molar-refractivity contribution in [3.8, 4) is 6.07 Å². The third-order valence-electron chi connectivity index (χ3n) is 4.64. The summed E-state index contributed by atoms with van der Waals surface area (Å²) in [6.45, 7) is 0.929. The maximum absolute atomic E-state index is 13.2. The summed E-state index contributed by atoms with van der Waals surface area (Å²) >= 11 is 1.36. The molecule has 3 rings (SSSR count). The second-order valence-electron chi connectivity index (χ2n) is 6.69. The van der Waals surface area contributed by atoms with Crippen LogP contribution >= 0.6 is 11.3 Å². The minimum Gasteiger partial charge on any atom is -0.379 e. The summed E-state index contributed by atoms with van der Waals surface area (Å²) in [5.74, 6) is -0.512. The second kappa shape index (κ2) is 10.1. The molecule has 0 spiro atoms. The number of morpholine rings is 1. The van der Waals surface area contributed by atoms with E-state index in [1.807, 2.05) is 23.6 Å². The molecule has 29 heavy (non-hydrogen) atoms. The number of hydrogen-bond donors (Lipinski definition) is 1. The van der Waals surface area contributed by atoms with Crippen molar-refractivity contribution < 1.29 is 17.9 Å². The van der Waals surface area contributed by atoms with Crippen molar-refractivity contribution in [1.82, 2.24) is 13.9 Å². The number of carbonyl (C=O) groups excluding carboxylic acids is 1. The average Bonchev–Trinajstić information content (AvgIpc) is 3.27. The van der Waals surface area contributed by atoms with Crippen LogP contribution in [0.5, 0.6) is 0 Å². The molecule has 1 saturated heterocycles. The number of nitrogens with one attached hydrogen (secondary N) is 1. The molecule has 1 fully saturated rings. The van der Waals surface area contributed by atoms with Gasteiger partial charge in [-0.1, -0.05) is 24.3 Å². The fourth-order valence-electron chi connectivity index (χ4n) is 3.14. The van der Waals surface area contributed by atoms with E-state index in [0.29, 0.717) is 18.1 Å². The summed E-state index contributed by atoms with van der Waals surface area (Å²) in [5.41, 5.74) is 0.857. The molecule has 1 amide bonds. The molecule has 1 aromatic heterocycles. The highest BCUT2D eigenvalue weighted by molar-refractivity contribution is 7.86. The normalized spacial score (nSPS) is 18.8. The quantitative estimate of drug-likeness (QED) is 0.667. The van der Waals surface area contributed by atoms with Crippen LogP contribution in [0.3, 0.4) is 0 Å². The molecule has 0 bridgehead atoms. The van der Waals surface area contributed by atoms with Gasteiger partial charge < -0.3 is 10.1 Å². The van der Waals surface area contributed by atoms with Crippen LogP contribution in [-0.2, 0) is 19.7 Å². The van der Waals surface area contributed by atoms with Gasteiger partial charge in [-0.15, -0.1) is 11.3 Å². The summed E-state index contributed by atoms with van der Waals surface area (Å²) in [6.07, 6.45) is 7.65. The second-order valence-corrected chi connectivity index (χ2v) is 9.60. The van der Waals surface area contributed by atoms with Crippen molar-refractivity contribution >= 4 is 27.5 Å². The summed E-state index contributed by atoms with van der Waals surface area (Å²) in [5, 5.41) is 13.8. The van der Waals surface area contributed by atoms with Crippen LogP contribution in [0.25, 0.3) is 0 Å². The maximum Gasteiger partial charge on any atom is 0.282 e. The van der Waals surface area contributed by atoms with Crippen LogP contribution in [0.1, 0.15) is 23.8 Å². The first-order valence-corrected chi connectivity index (χ1v) is 11.7. The predicted octanol–water partition coefficient (Wildman–Crippen LogP) is 1.58. The van der Waals surface area contributed by atoms with Crippen LogP contribution in [0.15, 0.2) is 41.3 Å². The molecular formula is C19H24N4O4S2. The summed E-state index contributed by atoms with van der Waals surface area (Å²) in [7, 11) is -3.84. The van der Waals surface area contributed by atoms with Gasteiger partial charge in [-0.3, -0.25) is 4.79 Å². The number of allylic oxidation sites excluding steroid dienone is 2. The lowest BCUT2D eigenvalue weighted by atomic mass is 10.1. The highest BCUT2D eigenvalue weighted by atomic mass is 32.2. The van der Waals surface area contributed by atoms with E-state index >= 15 is 0 Å². The Morgan fingerprint density at radius 1 is 1.38 bits per heavy atom. The van der Waals surface area contributed by atoms with E-state index in [1.54, 1.807) is 12.1 Å². The summed E-state index contributed by atoms with van der Waals surface area (Å²) in [4.78, 5) is 13.4. The van der Waals surface area contributed by atoms with Crippen molar-refractivity contribution in [2.75, 3.05) is 39.4 Å². The van der Waals surface area contributed by atoms with Gasteiger partial charge in [0.25, 0.3) is 10.2 Å². The lowest BCUT2D eigenvalue weighted by molar-refractivity contribution is -0.121. The molecule has 1 aliphatic heterocycles. The standard InChI is InChI=1S/C19H24N4O4S2/c20-13-17(18-7-4-12-28-18)21-19(24)15-23(14-16-5-2-1-3-6-16)29(25,26)22-8-10-27-11-9-22/h2,4-7,12,17H,1,3,8-11,14-15H2,(H,21,24). The molecule has 0 saturated carbocycles. The number of amides is 1. The predicted molar refractivity (Wildman–Crippen MR) is 110 cm³/mol. The molecule has 1 aromatic rings. The molecule has 1 atom stereocenters. The van der Waals surface area contributed by atoms with Gasteiger partial charge in [0.1, 0.15) is 0 Å². The maximum atomic E-state index is 13.2. The first kappa shape index (κ1) is 21.7. The van der Waals surface area contributed by atoms with Gasteiger partial charge in [-0.25, -0.2) is 0 Å². The summed E-state index contributed by atoms with van der Waals surface area (Å²) in [6, 6.07) is 4.81. The van der Waals surface area contributed by atoms with E-state index in [2.05, 4.69) is 11.4 Å². The van der Waals surface area contributed by atoms with E-state index in [4.69, 9.17) is 4.74 Å². The molecule has 2 aliphatic rings. The number of thiophene rings is 1. The Morgan fingerprint density at radius 3 is 2.79 bits per heavy atom. The third kappa shape index (κ3) is 5.74. The van der Waals surface area contributed by atoms with Gasteiger partial charge in [-0.2, -0.15) is 22.3 Å². The Morgan fingerprint density at radius 2 is 2.17 bits per heavy atom. The monoisotopic (exact) mass is 436 g/mol. The minimum atomic E-state index is -3.84. The molecule has 156 valence electrons. The molecule has 0 aromatic carbocycles. The Kier molecular flexibility index (Phi) is 7.57. The first-order chi connectivity index (χ1) is 14.0. The van der Waals surface area contributed by atoms with Crippen LogP contribution in [0, 0.1) is 11.3 Å². The van der Waals surface area contributed by atoms with Crippen molar-refractivity contribution in [3.05, 3.63) is 46.2 Å². The molecule has 10 heteroatoms. The molecule has 0 radical (unpaired) electrons. The number of ether oxygens (including phenoxy) is 1. The molecule has 1 N–H and O–H groups in total. The van der Waals surface area contributed by atoms with Crippen molar-refractivity contribution in [2.24, 2.45) is 0 Å². The zero-order chi connectivity index (χ0) is 20.7. The highest BCUT2D eigenvalue weighted by Crippen LogP contribution is 2.19. The van der Waals surface area contributed by atoms with E-state index in [0.717, 1.165) is 18.4 Å². The van der Waals surface area contributed by atoms with Crippen LogP contribution < -0.4 is 5.32 Å². The fourth-order valence-corrected chi connectivity index (χ4v) is 5.39. The largest absolute Gasteiger partial charge is 0.379 e. The Bertz CT molecular complexity index is 897. The number of nitriles is 1. The molecule has 1 unspecified atom stereocenters. The van der Waals surface area contributed by atoms with E-state index in [1.165, 1.54) is 19.9 Å². The number of rotatable bonds is 8. The third-order valence-corrected chi connectivity index (χ3v) is 7.50. The van der Waals surface area contributed by atoms with Crippen LogP contribution in [0.2, 0.25) is 0 Å². The molecule has 1 aliphatic carbocycles. The lowest BCUT2D eigenvalue weighted by Gasteiger charge is -2.32. The van der Waals surface area contributed by atoms with Crippen LogP contribution in [-0.4, -0.2) is 62.3 Å². The smallest absolute Gasteiger partial charge is 0.282 e. The minimum absolute atomic E-state index is 0.111. The Labute approximate surface area is 175 Å². The van der Waals surface area contributed by atoms with Crippen molar-refractivity contribution in [1.29, 1.82) is 5.26 Å². The topological polar surface area (TPSA) is 103 Å². The SMILES string of the molecule is N#CC(NC(=O)CN(CC1=CCCC=C1)S(=O)(=O)N1CCOCC1)c1cccs1. The molecule has 8 nitrogen and oxygen atoms in total. The van der Waals surface area contributed by atoms with E-state index in [-0.39, 0.29) is 26.2 Å². The number of carbonyl (C=O) groups is 1. The van der Waals surface area contributed by atoms with Gasteiger partial charge in [-0.05, 0) is 29.9 Å². The number of nitrogens with zero attached hydrogens (tertiary/aromatic N) is 3. The summed E-state index contributed by atoms with van der Waals surface area (Å²) < 4.78 is 34.1. The zero-order valence-corrected chi connectivity index (χ0v) is 17.6. The fraction of sp³-hybridized carbons (Fsp3) is 0.474. The Hall–Kier alpha value is -2.03. The van der Waals surface area contributed by atoms with Gasteiger partial charge in [0.15, 0.2) is 6.04 Å².